The summed E-state index contributed by atoms with van der Waals surface area (Å²) in [4.78, 5) is 12.0. The monoisotopic (exact) mass is 359 g/mol. The largest absolute Gasteiger partial charge is 0.573 e. The van der Waals surface area contributed by atoms with Crippen LogP contribution in [-0.4, -0.2) is 12.3 Å². The van der Waals surface area contributed by atoms with Gasteiger partial charge >= 0.3 is 6.36 Å². The second-order valence-corrected chi connectivity index (χ2v) is 4.92. The Kier molecular flexibility index (Phi) is 4.52. The second kappa shape index (κ2) is 6.17. The summed E-state index contributed by atoms with van der Waals surface area (Å²) in [5, 5.41) is 2.39. The van der Waals surface area contributed by atoms with Crippen LogP contribution in [0.25, 0.3) is 0 Å². The van der Waals surface area contributed by atoms with Crippen molar-refractivity contribution < 1.29 is 22.7 Å². The molecule has 2 rings (SSSR count). The van der Waals surface area contributed by atoms with Crippen molar-refractivity contribution >= 4 is 27.5 Å². The maximum absolute atomic E-state index is 12.3. The summed E-state index contributed by atoms with van der Waals surface area (Å²) >= 11 is 3.22. The smallest absolute Gasteiger partial charge is 0.404 e. The van der Waals surface area contributed by atoms with Crippen molar-refractivity contribution in [2.45, 2.75) is 6.36 Å². The molecule has 0 radical (unpaired) electrons. The van der Waals surface area contributed by atoms with Crippen LogP contribution >= 0.6 is 15.9 Å². The summed E-state index contributed by atoms with van der Waals surface area (Å²) in [5.41, 5.74) is 0.256. The van der Waals surface area contributed by atoms with Crippen molar-refractivity contribution in [2.75, 3.05) is 5.32 Å². The van der Waals surface area contributed by atoms with Gasteiger partial charge < -0.3 is 10.1 Å². The van der Waals surface area contributed by atoms with Crippen LogP contribution in [0.1, 0.15) is 10.4 Å². The fraction of sp³-hybridized carbons (Fsp3) is 0.0714. The van der Waals surface area contributed by atoms with E-state index in [9.17, 15) is 18.0 Å². The van der Waals surface area contributed by atoms with E-state index in [1.807, 2.05) is 0 Å². The number of halogens is 4. The molecule has 0 bridgehead atoms. The van der Waals surface area contributed by atoms with Gasteiger partial charge in [-0.05, 0) is 30.3 Å². The van der Waals surface area contributed by atoms with Gasteiger partial charge in [-0.1, -0.05) is 34.1 Å². The lowest BCUT2D eigenvalue weighted by molar-refractivity contribution is -0.274. The third kappa shape index (κ3) is 4.49. The van der Waals surface area contributed by atoms with E-state index in [1.165, 1.54) is 18.2 Å². The predicted molar refractivity (Wildman–Crippen MR) is 75.2 cm³/mol. The molecule has 21 heavy (non-hydrogen) atoms. The van der Waals surface area contributed by atoms with Gasteiger partial charge in [0.25, 0.3) is 5.91 Å². The van der Waals surface area contributed by atoms with E-state index in [4.69, 9.17) is 0 Å². The molecule has 2 aromatic carbocycles. The fourth-order valence-corrected chi connectivity index (χ4v) is 2.01. The van der Waals surface area contributed by atoms with Crippen LogP contribution in [0, 0.1) is 0 Å². The lowest BCUT2D eigenvalue weighted by Gasteiger charge is -2.13. The first-order valence-electron chi connectivity index (χ1n) is 5.77. The Hall–Kier alpha value is -2.02. The van der Waals surface area contributed by atoms with Crippen molar-refractivity contribution in [1.29, 1.82) is 0 Å². The van der Waals surface area contributed by atoms with E-state index >= 15 is 0 Å². The molecule has 3 nitrogen and oxygen atoms in total. The quantitative estimate of drug-likeness (QED) is 0.869. The number of amides is 1. The number of carbonyl (C=O) groups is 1. The molecule has 0 fully saturated rings. The number of ether oxygens (including phenoxy) is 1. The van der Waals surface area contributed by atoms with Gasteiger partial charge in [0.2, 0.25) is 0 Å². The molecule has 1 N–H and O–H groups in total. The highest BCUT2D eigenvalue weighted by atomic mass is 79.9. The van der Waals surface area contributed by atoms with Crippen LogP contribution in [-0.2, 0) is 0 Å². The third-order valence-electron chi connectivity index (χ3n) is 2.45. The van der Waals surface area contributed by atoms with Gasteiger partial charge in [-0.25, -0.2) is 0 Å². The molecule has 7 heteroatoms. The topological polar surface area (TPSA) is 38.3 Å². The Morgan fingerprint density at radius 1 is 1.10 bits per heavy atom. The molecule has 2 aromatic rings. The van der Waals surface area contributed by atoms with E-state index in [2.05, 4.69) is 26.0 Å². The van der Waals surface area contributed by atoms with Crippen molar-refractivity contribution in [3.05, 3.63) is 58.6 Å². The van der Waals surface area contributed by atoms with Crippen molar-refractivity contribution in [3.63, 3.8) is 0 Å². The first-order valence-corrected chi connectivity index (χ1v) is 6.56. The number of rotatable bonds is 3. The third-order valence-corrected chi connectivity index (χ3v) is 2.94. The zero-order valence-electron chi connectivity index (χ0n) is 10.4. The molecule has 110 valence electrons. The van der Waals surface area contributed by atoms with Gasteiger partial charge in [0.1, 0.15) is 0 Å². The first-order chi connectivity index (χ1) is 9.85. The van der Waals surface area contributed by atoms with Gasteiger partial charge in [-0.2, -0.15) is 0 Å². The summed E-state index contributed by atoms with van der Waals surface area (Å²) in [7, 11) is 0. The van der Waals surface area contributed by atoms with Crippen LogP contribution in [0.2, 0.25) is 0 Å². The zero-order chi connectivity index (χ0) is 15.5. The van der Waals surface area contributed by atoms with Crippen LogP contribution in [0.15, 0.2) is 53.0 Å². The molecule has 0 aromatic heterocycles. The molecule has 0 saturated carbocycles. The number of alkyl halides is 3. The van der Waals surface area contributed by atoms with Gasteiger partial charge in [0, 0.05) is 10.0 Å². The van der Waals surface area contributed by atoms with Crippen LogP contribution < -0.4 is 10.1 Å². The number of benzene rings is 2. The molecular weight excluding hydrogens is 351 g/mol. The summed E-state index contributed by atoms with van der Waals surface area (Å²) in [6.07, 6.45) is -4.82. The van der Waals surface area contributed by atoms with E-state index in [1.54, 1.807) is 24.3 Å². The standard InChI is InChI=1S/C14H9BrF3NO2/c15-10-5-3-4-9(8-10)13(20)19-11-6-1-2-7-12(11)21-14(16,17)18/h1-8H,(H,19,20). The van der Waals surface area contributed by atoms with Crippen LogP contribution in [0.5, 0.6) is 5.75 Å². The average molecular weight is 360 g/mol. The van der Waals surface area contributed by atoms with Gasteiger partial charge in [0.05, 0.1) is 5.69 Å². The zero-order valence-corrected chi connectivity index (χ0v) is 12.0. The molecule has 0 saturated heterocycles. The normalized spacial score (nSPS) is 11.0. The van der Waals surface area contributed by atoms with Gasteiger partial charge in [0.15, 0.2) is 5.75 Å². The molecule has 1 amide bonds. The minimum absolute atomic E-state index is 0.0557. The number of carbonyl (C=O) groups excluding carboxylic acids is 1. The number of nitrogens with one attached hydrogen (secondary N) is 1. The molecule has 0 unspecified atom stereocenters. The Bertz CT molecular complexity index is 659. The van der Waals surface area contributed by atoms with Crippen molar-refractivity contribution in [2.24, 2.45) is 0 Å². The summed E-state index contributed by atoms with van der Waals surface area (Å²) in [5.74, 6) is -0.997. The Balaban J connectivity index is 2.22. The number of para-hydroxylation sites is 2. The molecule has 0 aliphatic carbocycles. The highest BCUT2D eigenvalue weighted by Crippen LogP contribution is 2.30. The Morgan fingerprint density at radius 3 is 2.48 bits per heavy atom. The van der Waals surface area contributed by atoms with E-state index in [0.29, 0.717) is 10.0 Å². The second-order valence-electron chi connectivity index (χ2n) is 4.01. The highest BCUT2D eigenvalue weighted by Gasteiger charge is 2.32. The van der Waals surface area contributed by atoms with Crippen molar-refractivity contribution in [3.8, 4) is 5.75 Å². The molecule has 0 heterocycles. The number of anilines is 1. The fourth-order valence-electron chi connectivity index (χ4n) is 1.61. The SMILES string of the molecule is O=C(Nc1ccccc1OC(F)(F)F)c1cccc(Br)c1. The molecular formula is C14H9BrF3NO2. The Labute approximate surface area is 126 Å². The maximum Gasteiger partial charge on any atom is 0.573 e. The number of hydrogen-bond donors (Lipinski definition) is 1. The number of hydrogen-bond acceptors (Lipinski definition) is 2. The summed E-state index contributed by atoms with van der Waals surface area (Å²) < 4.78 is 41.4. The van der Waals surface area contributed by atoms with Gasteiger partial charge in [-0.3, -0.25) is 4.79 Å². The minimum Gasteiger partial charge on any atom is -0.404 e. The maximum atomic E-state index is 12.3. The van der Waals surface area contributed by atoms with E-state index in [-0.39, 0.29) is 5.69 Å². The first kappa shape index (κ1) is 15.4. The van der Waals surface area contributed by atoms with Gasteiger partial charge in [-0.15, -0.1) is 13.2 Å². The molecule has 0 aliphatic rings. The molecule has 0 atom stereocenters. The van der Waals surface area contributed by atoms with E-state index in [0.717, 1.165) is 6.07 Å². The van der Waals surface area contributed by atoms with Crippen LogP contribution in [0.4, 0.5) is 18.9 Å². The van der Waals surface area contributed by atoms with Crippen molar-refractivity contribution in [1.82, 2.24) is 0 Å². The van der Waals surface area contributed by atoms with E-state index < -0.39 is 18.0 Å². The highest BCUT2D eigenvalue weighted by molar-refractivity contribution is 9.10. The summed E-state index contributed by atoms with van der Waals surface area (Å²) in [6.45, 7) is 0. The molecule has 0 aliphatic heterocycles. The van der Waals surface area contributed by atoms with Crippen LogP contribution in [0.3, 0.4) is 0 Å². The average Bonchev–Trinajstić information content (AvgIpc) is 2.39. The summed E-state index contributed by atoms with van der Waals surface area (Å²) in [6, 6.07) is 11.8. The predicted octanol–water partition coefficient (Wildman–Crippen LogP) is 4.60. The minimum atomic E-state index is -4.82. The lowest BCUT2D eigenvalue weighted by Crippen LogP contribution is -2.19. The lowest BCUT2D eigenvalue weighted by atomic mass is 10.2. The Morgan fingerprint density at radius 2 is 1.81 bits per heavy atom. The molecule has 0 spiro atoms.